The second-order valence-electron chi connectivity index (χ2n) is 6.15. The predicted octanol–water partition coefficient (Wildman–Crippen LogP) is 3.72. The van der Waals surface area contributed by atoms with E-state index in [0.717, 1.165) is 18.7 Å². The van der Waals surface area contributed by atoms with E-state index in [0.29, 0.717) is 22.7 Å². The van der Waals surface area contributed by atoms with E-state index in [-0.39, 0.29) is 12.7 Å². The number of benzene rings is 2. The summed E-state index contributed by atoms with van der Waals surface area (Å²) >= 11 is 0. The van der Waals surface area contributed by atoms with Gasteiger partial charge in [0, 0.05) is 30.7 Å². The molecule has 0 atom stereocenters. The predicted molar refractivity (Wildman–Crippen MR) is 103 cm³/mol. The molecule has 2 heterocycles. The number of rotatable bonds is 6. The summed E-state index contributed by atoms with van der Waals surface area (Å²) in [6.07, 6.45) is 4.15. The molecule has 27 heavy (non-hydrogen) atoms. The SMILES string of the molecule is O=C(Nc1ccc2c(c1)OCO2)c1cncc(NCCc2ccccc2)c1. The Labute approximate surface area is 157 Å². The van der Waals surface area contributed by atoms with E-state index in [2.05, 4.69) is 27.8 Å². The van der Waals surface area contributed by atoms with Gasteiger partial charge < -0.3 is 20.1 Å². The molecule has 0 radical (unpaired) electrons. The molecule has 0 fully saturated rings. The van der Waals surface area contributed by atoms with Crippen molar-refractivity contribution in [2.45, 2.75) is 6.42 Å². The van der Waals surface area contributed by atoms with Crippen molar-refractivity contribution in [2.24, 2.45) is 0 Å². The highest BCUT2D eigenvalue weighted by atomic mass is 16.7. The minimum Gasteiger partial charge on any atom is -0.454 e. The Hall–Kier alpha value is -3.54. The molecule has 2 aromatic carbocycles. The molecule has 2 N–H and O–H groups in total. The Kier molecular flexibility index (Phi) is 4.87. The first kappa shape index (κ1) is 16.9. The number of fused-ring (bicyclic) bond motifs is 1. The monoisotopic (exact) mass is 361 g/mol. The Morgan fingerprint density at radius 2 is 1.81 bits per heavy atom. The lowest BCUT2D eigenvalue weighted by Gasteiger charge is -2.09. The fourth-order valence-corrected chi connectivity index (χ4v) is 2.83. The van der Waals surface area contributed by atoms with Gasteiger partial charge in [-0.05, 0) is 30.2 Å². The average Bonchev–Trinajstić information content (AvgIpc) is 3.17. The van der Waals surface area contributed by atoms with Gasteiger partial charge in [-0.3, -0.25) is 9.78 Å². The van der Waals surface area contributed by atoms with Crippen LogP contribution in [0.2, 0.25) is 0 Å². The standard InChI is InChI=1S/C21H19N3O3/c25-21(24-17-6-7-19-20(11-17)27-14-26-19)16-10-18(13-22-12-16)23-9-8-15-4-2-1-3-5-15/h1-7,10-13,23H,8-9,14H2,(H,24,25). The number of carbonyl (C=O) groups is 1. The Balaban J connectivity index is 1.37. The molecule has 6 heteroatoms. The summed E-state index contributed by atoms with van der Waals surface area (Å²) in [6.45, 7) is 0.965. The number of anilines is 2. The van der Waals surface area contributed by atoms with Gasteiger partial charge >= 0.3 is 0 Å². The molecular weight excluding hydrogens is 342 g/mol. The molecule has 1 aromatic heterocycles. The van der Waals surface area contributed by atoms with Crippen molar-refractivity contribution in [3.63, 3.8) is 0 Å². The van der Waals surface area contributed by atoms with Crippen LogP contribution < -0.4 is 20.1 Å². The highest BCUT2D eigenvalue weighted by Crippen LogP contribution is 2.34. The molecule has 6 nitrogen and oxygen atoms in total. The number of hydrogen-bond donors (Lipinski definition) is 2. The van der Waals surface area contributed by atoms with Gasteiger partial charge in [0.05, 0.1) is 11.3 Å². The van der Waals surface area contributed by atoms with Crippen LogP contribution in [0.5, 0.6) is 11.5 Å². The van der Waals surface area contributed by atoms with Gasteiger partial charge in [-0.15, -0.1) is 0 Å². The van der Waals surface area contributed by atoms with Crippen LogP contribution in [0.15, 0.2) is 67.0 Å². The van der Waals surface area contributed by atoms with Crippen molar-refractivity contribution in [3.05, 3.63) is 78.1 Å². The topological polar surface area (TPSA) is 72.5 Å². The van der Waals surface area contributed by atoms with E-state index in [9.17, 15) is 4.79 Å². The maximum atomic E-state index is 12.5. The zero-order chi connectivity index (χ0) is 18.5. The van der Waals surface area contributed by atoms with Gasteiger partial charge in [0.15, 0.2) is 11.5 Å². The number of nitrogens with one attached hydrogen (secondary N) is 2. The van der Waals surface area contributed by atoms with Crippen LogP contribution in [0.4, 0.5) is 11.4 Å². The second kappa shape index (κ2) is 7.78. The lowest BCUT2D eigenvalue weighted by atomic mass is 10.1. The first-order chi connectivity index (χ1) is 13.3. The van der Waals surface area contributed by atoms with E-state index >= 15 is 0 Å². The zero-order valence-corrected chi connectivity index (χ0v) is 14.6. The number of hydrogen-bond acceptors (Lipinski definition) is 5. The summed E-state index contributed by atoms with van der Waals surface area (Å²) < 4.78 is 10.6. The maximum Gasteiger partial charge on any atom is 0.257 e. The first-order valence-corrected chi connectivity index (χ1v) is 8.72. The summed E-state index contributed by atoms with van der Waals surface area (Å²) in [5.41, 5.74) is 3.20. The smallest absolute Gasteiger partial charge is 0.257 e. The van der Waals surface area contributed by atoms with Crippen molar-refractivity contribution in [3.8, 4) is 11.5 Å². The number of pyridine rings is 1. The first-order valence-electron chi connectivity index (χ1n) is 8.72. The summed E-state index contributed by atoms with van der Waals surface area (Å²) in [7, 11) is 0. The average molecular weight is 361 g/mol. The third kappa shape index (κ3) is 4.17. The van der Waals surface area contributed by atoms with Crippen molar-refractivity contribution in [1.29, 1.82) is 0 Å². The fraction of sp³-hybridized carbons (Fsp3) is 0.143. The van der Waals surface area contributed by atoms with Gasteiger partial charge in [0.2, 0.25) is 6.79 Å². The Morgan fingerprint density at radius 1 is 0.963 bits per heavy atom. The van der Waals surface area contributed by atoms with Gasteiger partial charge in [-0.1, -0.05) is 30.3 Å². The molecule has 0 spiro atoms. The molecule has 0 saturated carbocycles. The molecule has 4 rings (SSSR count). The van der Waals surface area contributed by atoms with Crippen LogP contribution >= 0.6 is 0 Å². The van der Waals surface area contributed by atoms with Crippen LogP contribution in [-0.4, -0.2) is 24.2 Å². The van der Waals surface area contributed by atoms with Crippen molar-refractivity contribution < 1.29 is 14.3 Å². The highest BCUT2D eigenvalue weighted by molar-refractivity contribution is 6.04. The molecule has 1 aliphatic rings. The van der Waals surface area contributed by atoms with Crippen LogP contribution in [0.3, 0.4) is 0 Å². The summed E-state index contributed by atoms with van der Waals surface area (Å²) in [4.78, 5) is 16.7. The molecular formula is C21H19N3O3. The van der Waals surface area contributed by atoms with Crippen molar-refractivity contribution in [2.75, 3.05) is 24.0 Å². The number of carbonyl (C=O) groups excluding carboxylic acids is 1. The van der Waals surface area contributed by atoms with E-state index in [1.54, 1.807) is 36.7 Å². The highest BCUT2D eigenvalue weighted by Gasteiger charge is 2.15. The van der Waals surface area contributed by atoms with Crippen LogP contribution in [0.1, 0.15) is 15.9 Å². The summed E-state index contributed by atoms with van der Waals surface area (Å²) in [6, 6.07) is 17.3. The van der Waals surface area contributed by atoms with E-state index in [4.69, 9.17) is 9.47 Å². The number of amides is 1. The van der Waals surface area contributed by atoms with E-state index in [1.807, 2.05) is 18.2 Å². The second-order valence-corrected chi connectivity index (χ2v) is 6.15. The Bertz CT molecular complexity index is 944. The molecule has 0 saturated heterocycles. The molecule has 0 bridgehead atoms. The van der Waals surface area contributed by atoms with Crippen LogP contribution in [0.25, 0.3) is 0 Å². The molecule has 0 aliphatic carbocycles. The van der Waals surface area contributed by atoms with Crippen molar-refractivity contribution >= 4 is 17.3 Å². The molecule has 1 aliphatic heterocycles. The number of nitrogens with zero attached hydrogens (tertiary/aromatic N) is 1. The minimum atomic E-state index is -0.229. The van der Waals surface area contributed by atoms with Crippen LogP contribution in [-0.2, 0) is 6.42 Å². The molecule has 1 amide bonds. The largest absolute Gasteiger partial charge is 0.454 e. The molecule has 0 unspecified atom stereocenters. The number of aromatic nitrogens is 1. The van der Waals surface area contributed by atoms with E-state index in [1.165, 1.54) is 5.56 Å². The maximum absolute atomic E-state index is 12.5. The van der Waals surface area contributed by atoms with Gasteiger partial charge in [-0.2, -0.15) is 0 Å². The molecule has 3 aromatic rings. The lowest BCUT2D eigenvalue weighted by Crippen LogP contribution is -2.13. The van der Waals surface area contributed by atoms with E-state index < -0.39 is 0 Å². The zero-order valence-electron chi connectivity index (χ0n) is 14.6. The quantitative estimate of drug-likeness (QED) is 0.700. The van der Waals surface area contributed by atoms with Gasteiger partial charge in [-0.25, -0.2) is 0 Å². The van der Waals surface area contributed by atoms with Gasteiger partial charge in [0.25, 0.3) is 5.91 Å². The Morgan fingerprint density at radius 3 is 2.70 bits per heavy atom. The summed E-state index contributed by atoms with van der Waals surface area (Å²) in [5.74, 6) is 1.08. The fourth-order valence-electron chi connectivity index (χ4n) is 2.83. The van der Waals surface area contributed by atoms with Crippen molar-refractivity contribution in [1.82, 2.24) is 4.98 Å². The summed E-state index contributed by atoms with van der Waals surface area (Å²) in [5, 5.41) is 6.16. The lowest BCUT2D eigenvalue weighted by molar-refractivity contribution is 0.102. The third-order valence-electron chi connectivity index (χ3n) is 4.22. The number of ether oxygens (including phenoxy) is 2. The minimum absolute atomic E-state index is 0.202. The normalized spacial score (nSPS) is 11.9. The van der Waals surface area contributed by atoms with Crippen LogP contribution in [0, 0.1) is 0 Å². The third-order valence-corrected chi connectivity index (χ3v) is 4.22. The molecule has 136 valence electrons. The van der Waals surface area contributed by atoms with Gasteiger partial charge in [0.1, 0.15) is 0 Å².